The molecule has 1 aliphatic carbocycles. The van der Waals surface area contributed by atoms with Crippen molar-refractivity contribution in [1.29, 1.82) is 0 Å². The third-order valence-electron chi connectivity index (χ3n) is 3.04. The summed E-state index contributed by atoms with van der Waals surface area (Å²) in [7, 11) is 0. The van der Waals surface area contributed by atoms with Gasteiger partial charge in [-0.25, -0.2) is 4.98 Å². The zero-order valence-corrected chi connectivity index (χ0v) is 9.67. The molecular formula is C11H18N2OS. The minimum absolute atomic E-state index is 0.0419. The van der Waals surface area contributed by atoms with E-state index in [9.17, 15) is 5.11 Å². The summed E-state index contributed by atoms with van der Waals surface area (Å²) < 4.78 is 0. The molecule has 2 rings (SSSR count). The molecule has 1 saturated carbocycles. The Kier molecular flexibility index (Phi) is 4.11. The third kappa shape index (κ3) is 3.55. The number of rotatable bonds is 4. The fourth-order valence-corrected chi connectivity index (χ4v) is 2.64. The third-order valence-corrected chi connectivity index (χ3v) is 3.67. The van der Waals surface area contributed by atoms with Gasteiger partial charge in [0.05, 0.1) is 17.3 Å². The standard InChI is InChI=1S/C11H18N2OS/c14-11-3-1-9(2-4-11)5-12-6-10-7-15-8-13-10/h7-9,11-12,14H,1-6H2. The van der Waals surface area contributed by atoms with Crippen molar-refractivity contribution in [2.75, 3.05) is 6.54 Å². The van der Waals surface area contributed by atoms with E-state index in [4.69, 9.17) is 0 Å². The lowest BCUT2D eigenvalue weighted by molar-refractivity contribution is 0.108. The molecule has 0 aromatic carbocycles. The largest absolute Gasteiger partial charge is 0.393 e. The van der Waals surface area contributed by atoms with Gasteiger partial charge in [0.25, 0.3) is 0 Å². The first-order chi connectivity index (χ1) is 7.34. The van der Waals surface area contributed by atoms with Crippen LogP contribution >= 0.6 is 11.3 Å². The van der Waals surface area contributed by atoms with Crippen molar-refractivity contribution < 1.29 is 5.11 Å². The number of nitrogens with zero attached hydrogens (tertiary/aromatic N) is 1. The Morgan fingerprint density at radius 2 is 2.20 bits per heavy atom. The molecule has 1 aromatic rings. The van der Waals surface area contributed by atoms with Crippen LogP contribution in [-0.4, -0.2) is 22.7 Å². The molecule has 0 atom stereocenters. The second-order valence-corrected chi connectivity index (χ2v) is 5.00. The number of aliphatic hydroxyl groups is 1. The zero-order chi connectivity index (χ0) is 10.5. The lowest BCUT2D eigenvalue weighted by Crippen LogP contribution is -2.27. The number of aromatic nitrogens is 1. The summed E-state index contributed by atoms with van der Waals surface area (Å²) in [6.45, 7) is 1.94. The Morgan fingerprint density at radius 1 is 1.40 bits per heavy atom. The van der Waals surface area contributed by atoms with E-state index in [0.29, 0.717) is 0 Å². The molecule has 1 fully saturated rings. The summed E-state index contributed by atoms with van der Waals surface area (Å²) in [4.78, 5) is 4.23. The summed E-state index contributed by atoms with van der Waals surface area (Å²) in [5, 5.41) is 14.9. The van der Waals surface area contributed by atoms with E-state index in [0.717, 1.165) is 50.4 Å². The molecule has 1 aromatic heterocycles. The van der Waals surface area contributed by atoms with Crippen LogP contribution < -0.4 is 5.32 Å². The monoisotopic (exact) mass is 226 g/mol. The highest BCUT2D eigenvalue weighted by atomic mass is 32.1. The van der Waals surface area contributed by atoms with Gasteiger partial charge in [-0.1, -0.05) is 0 Å². The molecule has 0 bridgehead atoms. The van der Waals surface area contributed by atoms with Crippen LogP contribution in [0.5, 0.6) is 0 Å². The van der Waals surface area contributed by atoms with Gasteiger partial charge >= 0.3 is 0 Å². The van der Waals surface area contributed by atoms with E-state index in [2.05, 4.69) is 15.7 Å². The Morgan fingerprint density at radius 3 is 2.87 bits per heavy atom. The second-order valence-electron chi connectivity index (χ2n) is 4.29. The maximum Gasteiger partial charge on any atom is 0.0795 e. The van der Waals surface area contributed by atoms with Gasteiger partial charge in [0.15, 0.2) is 0 Å². The molecular weight excluding hydrogens is 208 g/mol. The topological polar surface area (TPSA) is 45.1 Å². The van der Waals surface area contributed by atoms with Crippen LogP contribution in [0.3, 0.4) is 0 Å². The fourth-order valence-electron chi connectivity index (χ4n) is 2.08. The molecule has 1 heterocycles. The van der Waals surface area contributed by atoms with Gasteiger partial charge in [0.1, 0.15) is 0 Å². The zero-order valence-electron chi connectivity index (χ0n) is 8.85. The van der Waals surface area contributed by atoms with Gasteiger partial charge in [-0.2, -0.15) is 0 Å². The Balaban J connectivity index is 1.62. The SMILES string of the molecule is OC1CCC(CNCc2cscn2)CC1. The van der Waals surface area contributed by atoms with Crippen LogP contribution in [0.2, 0.25) is 0 Å². The molecule has 0 saturated heterocycles. The van der Waals surface area contributed by atoms with E-state index in [1.165, 1.54) is 0 Å². The van der Waals surface area contributed by atoms with Crippen LogP contribution in [0.25, 0.3) is 0 Å². The number of thiazole rings is 1. The summed E-state index contributed by atoms with van der Waals surface area (Å²) in [5.74, 6) is 0.743. The van der Waals surface area contributed by atoms with Crippen LogP contribution in [0.15, 0.2) is 10.9 Å². The van der Waals surface area contributed by atoms with E-state index >= 15 is 0 Å². The summed E-state index contributed by atoms with van der Waals surface area (Å²) >= 11 is 1.64. The summed E-state index contributed by atoms with van der Waals surface area (Å²) in [6.07, 6.45) is 4.22. The lowest BCUT2D eigenvalue weighted by atomic mass is 9.87. The average Bonchev–Trinajstić information content (AvgIpc) is 2.74. The lowest BCUT2D eigenvalue weighted by Gasteiger charge is -2.25. The number of hydrogen-bond donors (Lipinski definition) is 2. The first-order valence-corrected chi connectivity index (χ1v) is 6.54. The van der Waals surface area contributed by atoms with Crippen molar-refractivity contribution in [2.24, 2.45) is 5.92 Å². The molecule has 84 valence electrons. The van der Waals surface area contributed by atoms with Crippen LogP contribution in [-0.2, 0) is 6.54 Å². The minimum atomic E-state index is -0.0419. The van der Waals surface area contributed by atoms with Crippen molar-refractivity contribution in [3.05, 3.63) is 16.6 Å². The molecule has 15 heavy (non-hydrogen) atoms. The van der Waals surface area contributed by atoms with Crippen LogP contribution in [0.4, 0.5) is 0 Å². The minimum Gasteiger partial charge on any atom is -0.393 e. The van der Waals surface area contributed by atoms with Crippen molar-refractivity contribution in [3.63, 3.8) is 0 Å². The second kappa shape index (κ2) is 5.58. The summed E-state index contributed by atoms with van der Waals surface area (Å²) in [5.41, 5.74) is 3.00. The molecule has 4 heteroatoms. The smallest absolute Gasteiger partial charge is 0.0795 e. The predicted octanol–water partition coefficient (Wildman–Crippen LogP) is 1.78. The predicted molar refractivity (Wildman–Crippen MR) is 61.8 cm³/mol. The Hall–Kier alpha value is -0.450. The van der Waals surface area contributed by atoms with E-state index in [-0.39, 0.29) is 6.10 Å². The van der Waals surface area contributed by atoms with Gasteiger partial charge in [-0.15, -0.1) is 11.3 Å². The maximum atomic E-state index is 9.37. The van der Waals surface area contributed by atoms with Gasteiger partial charge in [-0.3, -0.25) is 0 Å². The number of hydrogen-bond acceptors (Lipinski definition) is 4. The number of aliphatic hydroxyl groups excluding tert-OH is 1. The highest BCUT2D eigenvalue weighted by Crippen LogP contribution is 2.23. The molecule has 0 spiro atoms. The van der Waals surface area contributed by atoms with E-state index < -0.39 is 0 Å². The summed E-state index contributed by atoms with van der Waals surface area (Å²) in [6, 6.07) is 0. The van der Waals surface area contributed by atoms with Crippen molar-refractivity contribution in [3.8, 4) is 0 Å². The molecule has 0 amide bonds. The highest BCUT2D eigenvalue weighted by molar-refractivity contribution is 7.07. The molecule has 1 aliphatic rings. The van der Waals surface area contributed by atoms with E-state index in [1.807, 2.05) is 5.51 Å². The van der Waals surface area contributed by atoms with Crippen LogP contribution in [0.1, 0.15) is 31.4 Å². The normalized spacial score (nSPS) is 26.7. The van der Waals surface area contributed by atoms with Crippen molar-refractivity contribution in [1.82, 2.24) is 10.3 Å². The Labute approximate surface area is 94.5 Å². The quantitative estimate of drug-likeness (QED) is 0.822. The molecule has 3 nitrogen and oxygen atoms in total. The Bertz CT molecular complexity index is 268. The van der Waals surface area contributed by atoms with Crippen molar-refractivity contribution >= 4 is 11.3 Å². The first-order valence-electron chi connectivity index (χ1n) is 5.60. The molecule has 0 radical (unpaired) electrons. The van der Waals surface area contributed by atoms with Gasteiger partial charge in [0.2, 0.25) is 0 Å². The number of nitrogens with one attached hydrogen (secondary N) is 1. The molecule has 0 aliphatic heterocycles. The molecule has 2 N–H and O–H groups in total. The average molecular weight is 226 g/mol. The van der Waals surface area contributed by atoms with Gasteiger partial charge < -0.3 is 10.4 Å². The van der Waals surface area contributed by atoms with Gasteiger partial charge in [-0.05, 0) is 38.1 Å². The fraction of sp³-hybridized carbons (Fsp3) is 0.727. The highest BCUT2D eigenvalue weighted by Gasteiger charge is 2.18. The van der Waals surface area contributed by atoms with Gasteiger partial charge in [0, 0.05) is 11.9 Å². The molecule has 0 unspecified atom stereocenters. The van der Waals surface area contributed by atoms with E-state index in [1.54, 1.807) is 11.3 Å². The van der Waals surface area contributed by atoms with Crippen LogP contribution in [0, 0.1) is 5.92 Å². The van der Waals surface area contributed by atoms with Crippen molar-refractivity contribution in [2.45, 2.75) is 38.3 Å². The first kappa shape index (κ1) is 11.0. The maximum absolute atomic E-state index is 9.37.